The van der Waals surface area contributed by atoms with Crippen LogP contribution in [-0.2, 0) is 0 Å². The average Bonchev–Trinajstić information content (AvgIpc) is 2.95. The van der Waals surface area contributed by atoms with Crippen molar-refractivity contribution < 1.29 is 0 Å². The molecule has 0 bridgehead atoms. The second-order valence-electron chi connectivity index (χ2n) is 3.83. The van der Waals surface area contributed by atoms with E-state index < -0.39 is 0 Å². The fourth-order valence-electron chi connectivity index (χ4n) is 1.59. The summed E-state index contributed by atoms with van der Waals surface area (Å²) in [6.45, 7) is 0. The summed E-state index contributed by atoms with van der Waals surface area (Å²) in [6.07, 6.45) is 1.90. The molecular weight excluding hydrogens is 328 g/mol. The molecule has 0 fully saturated rings. The van der Waals surface area contributed by atoms with Gasteiger partial charge in [-0.15, -0.1) is 5.10 Å². The molecule has 2 aromatic heterocycles. The standard InChI is InChI=1S/C12H9ClN6S2/c1-20-11-14-9(13)7-10(15-11)21-12-16-17-18-19(12)8-5-3-2-4-6-8/h2-7H,1H3. The Morgan fingerprint density at radius 1 is 1.14 bits per heavy atom. The molecule has 3 aromatic rings. The number of rotatable bonds is 4. The predicted molar refractivity (Wildman–Crippen MR) is 82.1 cm³/mol. The van der Waals surface area contributed by atoms with Crippen LogP contribution in [0.15, 0.2) is 51.7 Å². The van der Waals surface area contributed by atoms with Gasteiger partial charge in [0, 0.05) is 6.07 Å². The van der Waals surface area contributed by atoms with E-state index in [0.29, 0.717) is 20.5 Å². The Labute approximate surface area is 134 Å². The minimum absolute atomic E-state index is 0.399. The topological polar surface area (TPSA) is 69.4 Å². The summed E-state index contributed by atoms with van der Waals surface area (Å²) in [6, 6.07) is 11.4. The Kier molecular flexibility index (Phi) is 4.37. The summed E-state index contributed by atoms with van der Waals surface area (Å²) in [5, 5.41) is 14.1. The molecule has 0 spiro atoms. The third-order valence-electron chi connectivity index (χ3n) is 2.47. The van der Waals surface area contributed by atoms with Crippen molar-refractivity contribution in [3.8, 4) is 5.69 Å². The van der Waals surface area contributed by atoms with Crippen LogP contribution in [-0.4, -0.2) is 36.4 Å². The second kappa shape index (κ2) is 6.42. The molecule has 1 aromatic carbocycles. The summed E-state index contributed by atoms with van der Waals surface area (Å²) in [5.41, 5.74) is 0.884. The lowest BCUT2D eigenvalue weighted by molar-refractivity contribution is 0.755. The molecule has 0 aliphatic rings. The van der Waals surface area contributed by atoms with Crippen molar-refractivity contribution in [2.24, 2.45) is 0 Å². The van der Waals surface area contributed by atoms with Gasteiger partial charge in [0.2, 0.25) is 5.16 Å². The molecule has 6 nitrogen and oxygen atoms in total. The highest BCUT2D eigenvalue weighted by Gasteiger charge is 2.12. The van der Waals surface area contributed by atoms with Gasteiger partial charge >= 0.3 is 0 Å². The Morgan fingerprint density at radius 2 is 1.95 bits per heavy atom. The molecule has 0 radical (unpaired) electrons. The molecule has 0 unspecified atom stereocenters. The first kappa shape index (κ1) is 14.3. The normalized spacial score (nSPS) is 10.8. The Balaban J connectivity index is 1.93. The summed E-state index contributed by atoms with van der Waals surface area (Å²) in [4.78, 5) is 8.49. The summed E-state index contributed by atoms with van der Waals surface area (Å²) < 4.78 is 1.65. The Hall–Kier alpha value is -1.64. The Morgan fingerprint density at radius 3 is 2.71 bits per heavy atom. The van der Waals surface area contributed by atoms with Gasteiger partial charge < -0.3 is 0 Å². The van der Waals surface area contributed by atoms with Crippen molar-refractivity contribution in [2.75, 3.05) is 6.26 Å². The minimum atomic E-state index is 0.399. The van der Waals surface area contributed by atoms with Crippen molar-refractivity contribution >= 4 is 35.1 Å². The van der Waals surface area contributed by atoms with E-state index in [2.05, 4.69) is 25.5 Å². The van der Waals surface area contributed by atoms with E-state index in [4.69, 9.17) is 11.6 Å². The number of aromatic nitrogens is 6. The van der Waals surface area contributed by atoms with Gasteiger partial charge in [-0.1, -0.05) is 41.6 Å². The zero-order chi connectivity index (χ0) is 14.7. The van der Waals surface area contributed by atoms with Crippen LogP contribution in [0.2, 0.25) is 5.15 Å². The highest BCUT2D eigenvalue weighted by Crippen LogP contribution is 2.28. The van der Waals surface area contributed by atoms with Crippen LogP contribution in [0.5, 0.6) is 0 Å². The summed E-state index contributed by atoms with van der Waals surface area (Å²) in [7, 11) is 0. The maximum atomic E-state index is 5.99. The lowest BCUT2D eigenvalue weighted by Crippen LogP contribution is -1.99. The van der Waals surface area contributed by atoms with Gasteiger partial charge in [0.05, 0.1) is 5.69 Å². The largest absolute Gasteiger partial charge is 0.220 e. The van der Waals surface area contributed by atoms with E-state index in [1.807, 2.05) is 36.6 Å². The van der Waals surface area contributed by atoms with E-state index in [0.717, 1.165) is 5.69 Å². The van der Waals surface area contributed by atoms with Crippen LogP contribution in [0.3, 0.4) is 0 Å². The highest BCUT2D eigenvalue weighted by atomic mass is 35.5. The molecule has 3 rings (SSSR count). The van der Waals surface area contributed by atoms with Crippen LogP contribution in [0.4, 0.5) is 0 Å². The fourth-order valence-corrected chi connectivity index (χ4v) is 3.12. The molecule has 0 amide bonds. The molecule has 0 saturated carbocycles. The van der Waals surface area contributed by atoms with Gasteiger partial charge in [-0.25, -0.2) is 9.97 Å². The lowest BCUT2D eigenvalue weighted by Gasteiger charge is -2.04. The second-order valence-corrected chi connectivity index (χ2v) is 5.97. The van der Waals surface area contributed by atoms with Crippen molar-refractivity contribution in [1.29, 1.82) is 0 Å². The molecule has 0 atom stereocenters. The molecule has 0 aliphatic heterocycles. The molecule has 2 heterocycles. The lowest BCUT2D eigenvalue weighted by atomic mass is 10.3. The number of para-hydroxylation sites is 1. The number of tetrazole rings is 1. The molecule has 9 heteroatoms. The third-order valence-corrected chi connectivity index (χ3v) is 4.07. The predicted octanol–water partition coefficient (Wildman–Crippen LogP) is 2.98. The van der Waals surface area contributed by atoms with E-state index in [9.17, 15) is 0 Å². The third kappa shape index (κ3) is 3.34. The number of halogens is 1. The van der Waals surface area contributed by atoms with Crippen LogP contribution < -0.4 is 0 Å². The van der Waals surface area contributed by atoms with Gasteiger partial charge in [-0.3, -0.25) is 0 Å². The first-order valence-electron chi connectivity index (χ1n) is 5.86. The molecule has 0 aliphatic carbocycles. The molecular formula is C12H9ClN6S2. The van der Waals surface area contributed by atoms with Crippen molar-refractivity contribution in [3.63, 3.8) is 0 Å². The maximum absolute atomic E-state index is 5.99. The SMILES string of the molecule is CSc1nc(Cl)cc(Sc2nnnn2-c2ccccc2)n1. The van der Waals surface area contributed by atoms with Crippen molar-refractivity contribution in [2.45, 2.75) is 15.3 Å². The van der Waals surface area contributed by atoms with Gasteiger partial charge in [-0.2, -0.15) is 4.68 Å². The van der Waals surface area contributed by atoms with Crippen LogP contribution in [0, 0.1) is 0 Å². The van der Waals surface area contributed by atoms with E-state index in [1.165, 1.54) is 23.5 Å². The zero-order valence-electron chi connectivity index (χ0n) is 10.8. The average molecular weight is 337 g/mol. The molecule has 21 heavy (non-hydrogen) atoms. The van der Waals surface area contributed by atoms with Gasteiger partial charge in [-0.05, 0) is 40.6 Å². The van der Waals surface area contributed by atoms with Crippen molar-refractivity contribution in [1.82, 2.24) is 30.2 Å². The van der Waals surface area contributed by atoms with Gasteiger partial charge in [0.1, 0.15) is 10.2 Å². The van der Waals surface area contributed by atoms with E-state index in [-0.39, 0.29) is 0 Å². The van der Waals surface area contributed by atoms with Gasteiger partial charge in [0.25, 0.3) is 0 Å². The number of hydrogen-bond acceptors (Lipinski definition) is 7. The van der Waals surface area contributed by atoms with Crippen LogP contribution in [0.1, 0.15) is 0 Å². The zero-order valence-corrected chi connectivity index (χ0v) is 13.2. The quantitative estimate of drug-likeness (QED) is 0.412. The highest BCUT2D eigenvalue weighted by molar-refractivity contribution is 7.99. The number of nitrogens with zero attached hydrogens (tertiary/aromatic N) is 6. The minimum Gasteiger partial charge on any atom is -0.216 e. The number of benzene rings is 1. The molecule has 0 N–H and O–H groups in total. The Bertz CT molecular complexity index is 749. The first-order valence-corrected chi connectivity index (χ1v) is 8.28. The van der Waals surface area contributed by atoms with E-state index >= 15 is 0 Å². The summed E-state index contributed by atoms with van der Waals surface area (Å²) >= 11 is 8.76. The number of hydrogen-bond donors (Lipinski definition) is 0. The summed E-state index contributed by atoms with van der Waals surface area (Å²) in [5.74, 6) is 0. The smallest absolute Gasteiger partial charge is 0.216 e. The van der Waals surface area contributed by atoms with Gasteiger partial charge in [0.15, 0.2) is 5.16 Å². The molecule has 0 saturated heterocycles. The van der Waals surface area contributed by atoms with Crippen molar-refractivity contribution in [3.05, 3.63) is 41.6 Å². The maximum Gasteiger partial charge on any atom is 0.220 e. The molecule has 106 valence electrons. The van der Waals surface area contributed by atoms with Crippen LogP contribution >= 0.6 is 35.1 Å². The monoisotopic (exact) mass is 336 g/mol. The van der Waals surface area contributed by atoms with E-state index in [1.54, 1.807) is 10.7 Å². The fraction of sp³-hybridized carbons (Fsp3) is 0.0833. The number of thioether (sulfide) groups is 1. The first-order chi connectivity index (χ1) is 10.3. The van der Waals surface area contributed by atoms with Crippen LogP contribution in [0.25, 0.3) is 5.69 Å².